The molecular formula is C9H14N4OS. The Morgan fingerprint density at radius 1 is 1.80 bits per heavy atom. The second-order valence-electron chi connectivity index (χ2n) is 3.63. The fourth-order valence-electron chi connectivity index (χ4n) is 1.65. The van der Waals surface area contributed by atoms with Gasteiger partial charge in [-0.25, -0.2) is 0 Å². The van der Waals surface area contributed by atoms with Crippen LogP contribution in [-0.2, 0) is 0 Å². The van der Waals surface area contributed by atoms with Gasteiger partial charge in [-0.15, -0.1) is 0 Å². The van der Waals surface area contributed by atoms with Crippen LogP contribution in [0, 0.1) is 0 Å². The van der Waals surface area contributed by atoms with Gasteiger partial charge in [0.1, 0.15) is 11.4 Å². The van der Waals surface area contributed by atoms with Crippen LogP contribution >= 0.6 is 11.8 Å². The molecule has 0 aliphatic carbocycles. The second-order valence-corrected chi connectivity index (χ2v) is 4.78. The zero-order valence-electron chi connectivity index (χ0n) is 8.56. The van der Waals surface area contributed by atoms with Gasteiger partial charge in [0.15, 0.2) is 0 Å². The molecule has 1 atom stereocenters. The molecule has 1 unspecified atom stereocenters. The van der Waals surface area contributed by atoms with Gasteiger partial charge in [0.25, 0.3) is 5.91 Å². The Morgan fingerprint density at radius 3 is 3.13 bits per heavy atom. The Bertz CT molecular complexity index is 359. The van der Waals surface area contributed by atoms with Gasteiger partial charge in [0.05, 0.1) is 6.20 Å². The first-order valence-electron chi connectivity index (χ1n) is 4.84. The highest BCUT2D eigenvalue weighted by Crippen LogP contribution is 2.23. The molecule has 3 N–H and O–H groups in total. The third-order valence-corrected chi connectivity index (χ3v) is 3.82. The summed E-state index contributed by atoms with van der Waals surface area (Å²) in [5.74, 6) is 2.44. The number of carbonyl (C=O) groups is 1. The quantitative estimate of drug-likeness (QED) is 0.773. The van der Waals surface area contributed by atoms with Gasteiger partial charge in [-0.3, -0.25) is 9.89 Å². The molecule has 1 aliphatic rings. The Kier molecular flexibility index (Phi) is 2.86. The fraction of sp³-hybridized carbons (Fsp3) is 0.556. The van der Waals surface area contributed by atoms with Crippen molar-refractivity contribution < 1.29 is 4.79 Å². The lowest BCUT2D eigenvalue weighted by molar-refractivity contribution is 0.0749. The molecule has 6 heteroatoms. The summed E-state index contributed by atoms with van der Waals surface area (Å²) < 4.78 is 0. The number of carbonyl (C=O) groups excluding carboxylic acids is 1. The highest BCUT2D eigenvalue weighted by molar-refractivity contribution is 7.99. The number of aromatic nitrogens is 2. The molecule has 1 aromatic heterocycles. The van der Waals surface area contributed by atoms with E-state index in [0.717, 1.165) is 17.9 Å². The summed E-state index contributed by atoms with van der Waals surface area (Å²) in [7, 11) is 1.82. The van der Waals surface area contributed by atoms with Crippen molar-refractivity contribution in [2.24, 2.45) is 0 Å². The molecule has 0 saturated carbocycles. The van der Waals surface area contributed by atoms with Crippen molar-refractivity contribution in [1.82, 2.24) is 15.1 Å². The van der Waals surface area contributed by atoms with E-state index in [1.165, 1.54) is 6.20 Å². The van der Waals surface area contributed by atoms with Crippen molar-refractivity contribution in [3.8, 4) is 0 Å². The van der Waals surface area contributed by atoms with E-state index in [2.05, 4.69) is 10.2 Å². The molecule has 1 fully saturated rings. The van der Waals surface area contributed by atoms with Crippen LogP contribution < -0.4 is 5.73 Å². The topological polar surface area (TPSA) is 75.0 Å². The number of aromatic amines is 1. The Balaban J connectivity index is 2.10. The number of amides is 1. The summed E-state index contributed by atoms with van der Waals surface area (Å²) in [5, 5.41) is 6.32. The van der Waals surface area contributed by atoms with Gasteiger partial charge in [0.2, 0.25) is 0 Å². The standard InChI is InChI=1S/C9H14N4OS/c1-13(6-2-3-15-5-6)9(14)7-4-11-12-8(7)10/h4,6H,2-3,5H2,1H3,(H3,10,11,12). The number of nitrogens with two attached hydrogens (primary N) is 1. The van der Waals surface area contributed by atoms with Crippen LogP contribution in [0.25, 0.3) is 0 Å². The molecule has 0 radical (unpaired) electrons. The van der Waals surface area contributed by atoms with E-state index in [1.807, 2.05) is 18.8 Å². The first kappa shape index (κ1) is 10.4. The van der Waals surface area contributed by atoms with Crippen LogP contribution in [0.2, 0.25) is 0 Å². The van der Waals surface area contributed by atoms with Crippen LogP contribution in [0.1, 0.15) is 16.8 Å². The predicted molar refractivity (Wildman–Crippen MR) is 60.8 cm³/mol. The molecule has 2 heterocycles. The Morgan fingerprint density at radius 2 is 2.60 bits per heavy atom. The third-order valence-electron chi connectivity index (χ3n) is 2.67. The fourth-order valence-corrected chi connectivity index (χ4v) is 2.92. The molecule has 1 aliphatic heterocycles. The lowest BCUT2D eigenvalue weighted by Crippen LogP contribution is -2.37. The maximum absolute atomic E-state index is 12.0. The Hall–Kier alpha value is -1.17. The van der Waals surface area contributed by atoms with Crippen LogP contribution in [-0.4, -0.2) is 45.6 Å². The number of nitrogen functional groups attached to an aromatic ring is 1. The summed E-state index contributed by atoms with van der Waals surface area (Å²) in [6.45, 7) is 0. The zero-order chi connectivity index (χ0) is 10.8. The number of nitrogens with zero attached hydrogens (tertiary/aromatic N) is 2. The van der Waals surface area contributed by atoms with Crippen LogP contribution in [0.3, 0.4) is 0 Å². The molecule has 2 rings (SSSR count). The summed E-state index contributed by atoms with van der Waals surface area (Å²) in [4.78, 5) is 13.8. The predicted octanol–water partition coefficient (Wildman–Crippen LogP) is 0.569. The molecule has 0 aromatic carbocycles. The van der Waals surface area contributed by atoms with Crippen LogP contribution in [0.5, 0.6) is 0 Å². The minimum absolute atomic E-state index is 0.0475. The van der Waals surface area contributed by atoms with Gasteiger partial charge >= 0.3 is 0 Å². The number of thioether (sulfide) groups is 1. The average molecular weight is 226 g/mol. The van der Waals surface area contributed by atoms with Crippen molar-refractivity contribution in [3.05, 3.63) is 11.8 Å². The van der Waals surface area contributed by atoms with Gasteiger partial charge in [0, 0.05) is 18.8 Å². The highest BCUT2D eigenvalue weighted by atomic mass is 32.2. The maximum atomic E-state index is 12.0. The molecule has 1 amide bonds. The molecule has 1 aromatic rings. The van der Waals surface area contributed by atoms with E-state index in [0.29, 0.717) is 17.4 Å². The van der Waals surface area contributed by atoms with Crippen molar-refractivity contribution >= 4 is 23.5 Å². The maximum Gasteiger partial charge on any atom is 0.259 e. The lowest BCUT2D eigenvalue weighted by atomic mass is 10.2. The second kappa shape index (κ2) is 4.14. The SMILES string of the molecule is CN(C(=O)c1cn[nH]c1N)C1CCSC1. The first-order valence-corrected chi connectivity index (χ1v) is 5.99. The van der Waals surface area contributed by atoms with E-state index in [9.17, 15) is 4.79 Å². The van der Waals surface area contributed by atoms with Gasteiger partial charge in [-0.1, -0.05) is 0 Å². The molecule has 15 heavy (non-hydrogen) atoms. The molecule has 1 saturated heterocycles. The van der Waals surface area contributed by atoms with Crippen molar-refractivity contribution in [2.75, 3.05) is 24.3 Å². The zero-order valence-corrected chi connectivity index (χ0v) is 9.38. The molecule has 5 nitrogen and oxygen atoms in total. The van der Waals surface area contributed by atoms with E-state index < -0.39 is 0 Å². The first-order chi connectivity index (χ1) is 7.20. The number of hydrogen-bond donors (Lipinski definition) is 2. The number of H-pyrrole nitrogens is 1. The van der Waals surface area contributed by atoms with Crippen molar-refractivity contribution in [1.29, 1.82) is 0 Å². The number of nitrogens with one attached hydrogen (secondary N) is 1. The third kappa shape index (κ3) is 1.94. The monoisotopic (exact) mass is 226 g/mol. The molecular weight excluding hydrogens is 212 g/mol. The van der Waals surface area contributed by atoms with E-state index in [4.69, 9.17) is 5.73 Å². The van der Waals surface area contributed by atoms with E-state index in [1.54, 1.807) is 4.90 Å². The van der Waals surface area contributed by atoms with E-state index >= 15 is 0 Å². The smallest absolute Gasteiger partial charge is 0.259 e. The minimum atomic E-state index is -0.0475. The largest absolute Gasteiger partial charge is 0.383 e. The number of anilines is 1. The van der Waals surface area contributed by atoms with Crippen molar-refractivity contribution in [2.45, 2.75) is 12.5 Å². The lowest BCUT2D eigenvalue weighted by Gasteiger charge is -2.23. The van der Waals surface area contributed by atoms with Gasteiger partial charge in [-0.2, -0.15) is 16.9 Å². The normalized spacial score (nSPS) is 20.5. The number of hydrogen-bond acceptors (Lipinski definition) is 4. The summed E-state index contributed by atoms with van der Waals surface area (Å²) in [6.07, 6.45) is 2.54. The van der Waals surface area contributed by atoms with Gasteiger partial charge in [-0.05, 0) is 12.2 Å². The summed E-state index contributed by atoms with van der Waals surface area (Å²) in [5.41, 5.74) is 6.07. The Labute approximate surface area is 92.4 Å². The minimum Gasteiger partial charge on any atom is -0.383 e. The molecule has 0 spiro atoms. The van der Waals surface area contributed by atoms with E-state index in [-0.39, 0.29) is 5.91 Å². The van der Waals surface area contributed by atoms with Gasteiger partial charge < -0.3 is 10.6 Å². The van der Waals surface area contributed by atoms with Crippen LogP contribution in [0.4, 0.5) is 5.82 Å². The summed E-state index contributed by atoms with van der Waals surface area (Å²) >= 11 is 1.88. The average Bonchev–Trinajstić information content (AvgIpc) is 2.85. The highest BCUT2D eigenvalue weighted by Gasteiger charge is 2.26. The van der Waals surface area contributed by atoms with Crippen LogP contribution in [0.15, 0.2) is 6.20 Å². The molecule has 82 valence electrons. The number of rotatable bonds is 2. The van der Waals surface area contributed by atoms with Crippen molar-refractivity contribution in [3.63, 3.8) is 0 Å². The molecule has 0 bridgehead atoms. The summed E-state index contributed by atoms with van der Waals surface area (Å²) in [6, 6.07) is 0.330.